The Morgan fingerprint density at radius 3 is 2.88 bits per heavy atom. The minimum Gasteiger partial charge on any atom is -0.396 e. The Morgan fingerprint density at radius 1 is 1.50 bits per heavy atom. The molecule has 2 rings (SSSR count). The molecule has 1 heterocycles. The minimum absolute atomic E-state index is 0.287. The summed E-state index contributed by atoms with van der Waals surface area (Å²) in [6.45, 7) is 2.42. The number of rotatable bonds is 5. The summed E-state index contributed by atoms with van der Waals surface area (Å²) in [7, 11) is 0. The Balaban J connectivity index is 1.96. The molecule has 3 heteroatoms. The van der Waals surface area contributed by atoms with E-state index < -0.39 is 0 Å². The van der Waals surface area contributed by atoms with Crippen molar-refractivity contribution in [1.29, 1.82) is 0 Å². The van der Waals surface area contributed by atoms with Crippen molar-refractivity contribution >= 4 is 11.3 Å². The molecular formula is C13H21NOS. The molecule has 0 radical (unpaired) electrons. The van der Waals surface area contributed by atoms with E-state index in [9.17, 15) is 5.11 Å². The molecule has 1 aromatic heterocycles. The number of nitrogens with zero attached hydrogens (tertiary/aromatic N) is 1. The number of aliphatic hydroxyl groups is 1. The Labute approximate surface area is 102 Å². The van der Waals surface area contributed by atoms with Crippen molar-refractivity contribution in [1.82, 2.24) is 4.98 Å². The molecule has 1 N–H and O–H groups in total. The lowest BCUT2D eigenvalue weighted by Crippen LogP contribution is -2.08. The number of hydrogen-bond acceptors (Lipinski definition) is 3. The molecule has 90 valence electrons. The van der Waals surface area contributed by atoms with E-state index in [2.05, 4.69) is 12.3 Å². The molecule has 0 amide bonds. The van der Waals surface area contributed by atoms with Crippen LogP contribution in [0.4, 0.5) is 0 Å². The Hall–Kier alpha value is -0.410. The molecule has 2 nitrogen and oxygen atoms in total. The van der Waals surface area contributed by atoms with Crippen LogP contribution in [-0.2, 0) is 6.42 Å². The molecule has 0 aromatic carbocycles. The first-order valence-corrected chi connectivity index (χ1v) is 7.26. The van der Waals surface area contributed by atoms with Gasteiger partial charge in [-0.3, -0.25) is 0 Å². The SMILES string of the molecule is CCC(CO)Cc1nc(C2CCCC2)cs1. The van der Waals surface area contributed by atoms with E-state index in [1.54, 1.807) is 11.3 Å². The van der Waals surface area contributed by atoms with E-state index in [0.29, 0.717) is 5.92 Å². The van der Waals surface area contributed by atoms with Crippen LogP contribution < -0.4 is 0 Å². The lowest BCUT2D eigenvalue weighted by Gasteiger charge is -2.08. The average molecular weight is 239 g/mol. The van der Waals surface area contributed by atoms with E-state index in [1.807, 2.05) is 0 Å². The molecule has 0 bridgehead atoms. The molecule has 1 aliphatic carbocycles. The first-order valence-electron chi connectivity index (χ1n) is 6.38. The maximum absolute atomic E-state index is 9.18. The molecule has 0 spiro atoms. The van der Waals surface area contributed by atoms with Crippen molar-refractivity contribution in [2.24, 2.45) is 5.92 Å². The molecule has 0 saturated heterocycles. The van der Waals surface area contributed by atoms with Gasteiger partial charge in [-0.25, -0.2) is 4.98 Å². The third-order valence-electron chi connectivity index (χ3n) is 3.64. The lowest BCUT2D eigenvalue weighted by molar-refractivity contribution is 0.222. The van der Waals surface area contributed by atoms with Gasteiger partial charge in [0.15, 0.2) is 0 Å². The van der Waals surface area contributed by atoms with E-state index >= 15 is 0 Å². The largest absolute Gasteiger partial charge is 0.396 e. The summed E-state index contributed by atoms with van der Waals surface area (Å²) < 4.78 is 0. The van der Waals surface area contributed by atoms with Crippen LogP contribution in [0, 0.1) is 5.92 Å². The topological polar surface area (TPSA) is 33.1 Å². The Kier molecular flexibility index (Phi) is 4.36. The predicted octanol–water partition coefficient (Wildman–Crippen LogP) is 3.36. The van der Waals surface area contributed by atoms with E-state index in [4.69, 9.17) is 4.98 Å². The molecule has 1 aromatic rings. The van der Waals surface area contributed by atoms with Gasteiger partial charge in [-0.05, 0) is 18.8 Å². The highest BCUT2D eigenvalue weighted by Crippen LogP contribution is 2.34. The van der Waals surface area contributed by atoms with E-state index in [1.165, 1.54) is 36.4 Å². The third kappa shape index (κ3) is 2.83. The molecule has 0 aliphatic heterocycles. The maximum Gasteiger partial charge on any atom is 0.0932 e. The van der Waals surface area contributed by atoms with Crippen LogP contribution in [0.2, 0.25) is 0 Å². The summed E-state index contributed by atoms with van der Waals surface area (Å²) in [5, 5.41) is 12.6. The molecule has 1 saturated carbocycles. The highest BCUT2D eigenvalue weighted by atomic mass is 32.1. The van der Waals surface area contributed by atoms with Crippen LogP contribution in [0.15, 0.2) is 5.38 Å². The summed E-state index contributed by atoms with van der Waals surface area (Å²) in [5.74, 6) is 1.11. The van der Waals surface area contributed by atoms with Gasteiger partial charge < -0.3 is 5.11 Å². The van der Waals surface area contributed by atoms with Gasteiger partial charge in [-0.1, -0.05) is 26.2 Å². The normalized spacial score (nSPS) is 19.1. The van der Waals surface area contributed by atoms with Crippen molar-refractivity contribution in [2.75, 3.05) is 6.61 Å². The summed E-state index contributed by atoms with van der Waals surface area (Å²) in [5.41, 5.74) is 1.31. The molecule has 1 unspecified atom stereocenters. The fourth-order valence-corrected chi connectivity index (χ4v) is 3.40. The van der Waals surface area contributed by atoms with E-state index in [0.717, 1.165) is 18.8 Å². The van der Waals surface area contributed by atoms with E-state index in [-0.39, 0.29) is 6.61 Å². The molecule has 1 fully saturated rings. The van der Waals surface area contributed by atoms with Gasteiger partial charge in [0.1, 0.15) is 0 Å². The Morgan fingerprint density at radius 2 is 2.25 bits per heavy atom. The highest BCUT2D eigenvalue weighted by molar-refractivity contribution is 7.09. The van der Waals surface area contributed by atoms with Crippen LogP contribution in [0.3, 0.4) is 0 Å². The number of thiazole rings is 1. The quantitative estimate of drug-likeness (QED) is 0.854. The van der Waals surface area contributed by atoms with Gasteiger partial charge in [-0.15, -0.1) is 11.3 Å². The zero-order valence-corrected chi connectivity index (χ0v) is 10.8. The second-order valence-corrected chi connectivity index (χ2v) is 5.75. The van der Waals surface area contributed by atoms with Crippen molar-refractivity contribution in [3.63, 3.8) is 0 Å². The maximum atomic E-state index is 9.18. The number of aromatic nitrogens is 1. The van der Waals surface area contributed by atoms with Gasteiger partial charge >= 0.3 is 0 Å². The van der Waals surface area contributed by atoms with Crippen LogP contribution >= 0.6 is 11.3 Å². The van der Waals surface area contributed by atoms with Crippen LogP contribution in [0.1, 0.15) is 55.6 Å². The van der Waals surface area contributed by atoms with Crippen LogP contribution in [0.25, 0.3) is 0 Å². The summed E-state index contributed by atoms with van der Waals surface area (Å²) in [4.78, 5) is 4.74. The highest BCUT2D eigenvalue weighted by Gasteiger charge is 2.20. The van der Waals surface area contributed by atoms with Gasteiger partial charge in [0.2, 0.25) is 0 Å². The average Bonchev–Trinajstić information content (AvgIpc) is 2.96. The van der Waals surface area contributed by atoms with Crippen LogP contribution in [0.5, 0.6) is 0 Å². The van der Waals surface area contributed by atoms with Crippen molar-refractivity contribution in [2.45, 2.75) is 51.4 Å². The Bertz CT molecular complexity index is 313. The lowest BCUT2D eigenvalue weighted by atomic mass is 10.0. The molecule has 1 aliphatic rings. The second kappa shape index (κ2) is 5.78. The van der Waals surface area contributed by atoms with Crippen molar-refractivity contribution in [3.8, 4) is 0 Å². The summed E-state index contributed by atoms with van der Waals surface area (Å²) in [6.07, 6.45) is 7.36. The number of aliphatic hydroxyl groups excluding tert-OH is 1. The minimum atomic E-state index is 0.287. The molecular weight excluding hydrogens is 218 g/mol. The number of hydrogen-bond donors (Lipinski definition) is 1. The molecule has 16 heavy (non-hydrogen) atoms. The zero-order valence-electron chi connectivity index (χ0n) is 9.98. The first kappa shape index (κ1) is 12.1. The fraction of sp³-hybridized carbons (Fsp3) is 0.769. The standard InChI is InChI=1S/C13H21NOS/c1-2-10(8-15)7-13-14-12(9-16-13)11-5-3-4-6-11/h9-11,15H,2-8H2,1H3. The van der Waals surface area contributed by atoms with Gasteiger partial charge in [0.05, 0.1) is 10.7 Å². The summed E-state index contributed by atoms with van der Waals surface area (Å²) in [6, 6.07) is 0. The van der Waals surface area contributed by atoms with Crippen molar-refractivity contribution in [3.05, 3.63) is 16.1 Å². The van der Waals surface area contributed by atoms with Crippen molar-refractivity contribution < 1.29 is 5.11 Å². The first-order chi connectivity index (χ1) is 7.83. The van der Waals surface area contributed by atoms with Gasteiger partial charge in [0.25, 0.3) is 0 Å². The fourth-order valence-electron chi connectivity index (χ4n) is 2.41. The monoisotopic (exact) mass is 239 g/mol. The second-order valence-electron chi connectivity index (χ2n) is 4.81. The van der Waals surface area contributed by atoms with Gasteiger partial charge in [0, 0.05) is 24.3 Å². The van der Waals surface area contributed by atoms with Gasteiger partial charge in [-0.2, -0.15) is 0 Å². The predicted molar refractivity (Wildman–Crippen MR) is 67.9 cm³/mol. The smallest absolute Gasteiger partial charge is 0.0932 e. The summed E-state index contributed by atoms with van der Waals surface area (Å²) >= 11 is 1.77. The van der Waals surface area contributed by atoms with Crippen LogP contribution in [-0.4, -0.2) is 16.7 Å². The third-order valence-corrected chi connectivity index (χ3v) is 4.53. The molecule has 1 atom stereocenters. The zero-order chi connectivity index (χ0) is 11.4.